The molecule has 0 aliphatic heterocycles. The van der Waals surface area contributed by atoms with Crippen LogP contribution < -0.4 is 0 Å². The van der Waals surface area contributed by atoms with Crippen LogP contribution >= 0.6 is 27.5 Å². The largest absolute Gasteiger partial charge is 0.494 e. The van der Waals surface area contributed by atoms with Crippen molar-refractivity contribution in [1.82, 2.24) is 0 Å². The molecule has 0 saturated heterocycles. The maximum Gasteiger partial charge on any atom is 0.118 e. The summed E-state index contributed by atoms with van der Waals surface area (Å²) in [4.78, 5) is 0. The molecule has 0 atom stereocenters. The van der Waals surface area contributed by atoms with Crippen LogP contribution in [0.3, 0.4) is 0 Å². The summed E-state index contributed by atoms with van der Waals surface area (Å²) >= 11 is 9.71. The topological polar surface area (TPSA) is 9.23 Å². The number of benzene rings is 1. The molecular formula is C16H16BrClO. The minimum Gasteiger partial charge on any atom is -0.494 e. The number of hydrogen-bond donors (Lipinski definition) is 0. The van der Waals surface area contributed by atoms with Gasteiger partial charge in [-0.3, -0.25) is 0 Å². The standard InChI is InChI=1S/C16H16BrClO/c1-2-19-15-5-3-4-12(6-8-15)10-13-11-14(17)7-9-16(13)18/h3,5-9,11H,2,4,10H2,1H3. The third-order valence-electron chi connectivity index (χ3n) is 2.88. The highest BCUT2D eigenvalue weighted by Crippen LogP contribution is 2.25. The Morgan fingerprint density at radius 2 is 2.16 bits per heavy atom. The molecule has 1 aliphatic rings. The van der Waals surface area contributed by atoms with Gasteiger partial charge < -0.3 is 4.74 Å². The van der Waals surface area contributed by atoms with Crippen molar-refractivity contribution in [3.63, 3.8) is 0 Å². The molecule has 0 radical (unpaired) electrons. The Labute approximate surface area is 127 Å². The predicted molar refractivity (Wildman–Crippen MR) is 84.4 cm³/mol. The van der Waals surface area contributed by atoms with E-state index in [0.29, 0.717) is 6.61 Å². The molecule has 1 aliphatic carbocycles. The first-order valence-corrected chi connectivity index (χ1v) is 7.49. The molecule has 3 heteroatoms. The highest BCUT2D eigenvalue weighted by atomic mass is 79.9. The van der Waals surface area contributed by atoms with Gasteiger partial charge in [-0.25, -0.2) is 0 Å². The first-order valence-electron chi connectivity index (χ1n) is 6.32. The van der Waals surface area contributed by atoms with Gasteiger partial charge in [-0.1, -0.05) is 45.3 Å². The number of ether oxygens (including phenoxy) is 1. The van der Waals surface area contributed by atoms with Crippen LogP contribution in [0.5, 0.6) is 0 Å². The van der Waals surface area contributed by atoms with Crippen molar-refractivity contribution in [1.29, 1.82) is 0 Å². The van der Waals surface area contributed by atoms with Crippen molar-refractivity contribution < 1.29 is 4.74 Å². The van der Waals surface area contributed by atoms with Gasteiger partial charge in [0.05, 0.1) is 6.61 Å². The van der Waals surface area contributed by atoms with Gasteiger partial charge in [0.25, 0.3) is 0 Å². The van der Waals surface area contributed by atoms with Crippen LogP contribution in [0.2, 0.25) is 5.02 Å². The summed E-state index contributed by atoms with van der Waals surface area (Å²) in [6.07, 6.45) is 10.1. The van der Waals surface area contributed by atoms with E-state index in [9.17, 15) is 0 Å². The molecule has 100 valence electrons. The molecule has 0 aromatic heterocycles. The van der Waals surface area contributed by atoms with Crippen LogP contribution in [-0.4, -0.2) is 6.61 Å². The van der Waals surface area contributed by atoms with E-state index in [1.807, 2.05) is 31.2 Å². The smallest absolute Gasteiger partial charge is 0.118 e. The number of hydrogen-bond acceptors (Lipinski definition) is 1. The first-order chi connectivity index (χ1) is 9.19. The van der Waals surface area contributed by atoms with Gasteiger partial charge in [-0.15, -0.1) is 0 Å². The van der Waals surface area contributed by atoms with Crippen LogP contribution in [0, 0.1) is 0 Å². The Morgan fingerprint density at radius 3 is 2.95 bits per heavy atom. The summed E-state index contributed by atoms with van der Waals surface area (Å²) in [6, 6.07) is 5.96. The average Bonchev–Trinajstić information content (AvgIpc) is 2.60. The molecule has 0 spiro atoms. The van der Waals surface area contributed by atoms with Crippen molar-refractivity contribution in [2.75, 3.05) is 6.61 Å². The fourth-order valence-corrected chi connectivity index (χ4v) is 2.56. The van der Waals surface area contributed by atoms with Crippen LogP contribution in [-0.2, 0) is 11.2 Å². The average molecular weight is 340 g/mol. The quantitative estimate of drug-likeness (QED) is 0.708. The Balaban J connectivity index is 2.15. The van der Waals surface area contributed by atoms with Crippen molar-refractivity contribution in [2.45, 2.75) is 19.8 Å². The van der Waals surface area contributed by atoms with E-state index in [1.54, 1.807) is 0 Å². The summed E-state index contributed by atoms with van der Waals surface area (Å²) < 4.78 is 6.56. The Bertz CT molecular complexity index is 544. The molecule has 0 fully saturated rings. The molecule has 2 rings (SSSR count). The van der Waals surface area contributed by atoms with E-state index in [2.05, 4.69) is 34.1 Å². The predicted octanol–water partition coefficient (Wildman–Crippen LogP) is 5.45. The van der Waals surface area contributed by atoms with Gasteiger partial charge in [0.15, 0.2) is 0 Å². The molecule has 1 aromatic rings. The van der Waals surface area contributed by atoms with E-state index >= 15 is 0 Å². The highest BCUT2D eigenvalue weighted by Gasteiger charge is 2.06. The minimum absolute atomic E-state index is 0.691. The lowest BCUT2D eigenvalue weighted by Crippen LogP contribution is -1.91. The number of rotatable bonds is 4. The van der Waals surface area contributed by atoms with Gasteiger partial charge in [-0.2, -0.15) is 0 Å². The second-order valence-corrected chi connectivity index (χ2v) is 5.67. The second kappa shape index (κ2) is 6.97. The van der Waals surface area contributed by atoms with E-state index in [4.69, 9.17) is 16.3 Å². The Hall–Kier alpha value is -0.990. The molecule has 1 aromatic carbocycles. The zero-order valence-corrected chi connectivity index (χ0v) is 13.2. The maximum absolute atomic E-state index is 6.23. The van der Waals surface area contributed by atoms with Gasteiger partial charge in [-0.05, 0) is 55.7 Å². The molecule has 0 saturated carbocycles. The van der Waals surface area contributed by atoms with Crippen molar-refractivity contribution >= 4 is 27.5 Å². The van der Waals surface area contributed by atoms with E-state index < -0.39 is 0 Å². The fraction of sp³-hybridized carbons (Fsp3) is 0.250. The van der Waals surface area contributed by atoms with Crippen LogP contribution in [0.4, 0.5) is 0 Å². The van der Waals surface area contributed by atoms with Gasteiger partial charge in [0.2, 0.25) is 0 Å². The molecular weight excluding hydrogens is 324 g/mol. The zero-order valence-electron chi connectivity index (χ0n) is 10.8. The lowest BCUT2D eigenvalue weighted by molar-refractivity contribution is 0.242. The molecule has 0 heterocycles. The van der Waals surface area contributed by atoms with E-state index in [1.165, 1.54) is 5.57 Å². The van der Waals surface area contributed by atoms with Gasteiger partial charge >= 0.3 is 0 Å². The number of allylic oxidation sites excluding steroid dienone is 5. The van der Waals surface area contributed by atoms with Crippen molar-refractivity contribution in [3.8, 4) is 0 Å². The SMILES string of the molecule is CCOC1=CC=C(Cc2cc(Br)ccc2Cl)CC=C1. The molecule has 0 bridgehead atoms. The van der Waals surface area contributed by atoms with Crippen molar-refractivity contribution in [2.24, 2.45) is 0 Å². The second-order valence-electron chi connectivity index (χ2n) is 4.35. The van der Waals surface area contributed by atoms with Crippen LogP contribution in [0.1, 0.15) is 18.9 Å². The molecule has 0 amide bonds. The molecule has 1 nitrogen and oxygen atoms in total. The number of halogens is 2. The summed E-state index contributed by atoms with van der Waals surface area (Å²) in [6.45, 7) is 2.68. The lowest BCUT2D eigenvalue weighted by Gasteiger charge is -2.07. The Morgan fingerprint density at radius 1 is 1.32 bits per heavy atom. The highest BCUT2D eigenvalue weighted by molar-refractivity contribution is 9.10. The van der Waals surface area contributed by atoms with Gasteiger partial charge in [0.1, 0.15) is 5.76 Å². The summed E-state index contributed by atoms with van der Waals surface area (Å²) in [5, 5.41) is 0.811. The lowest BCUT2D eigenvalue weighted by atomic mass is 10.0. The van der Waals surface area contributed by atoms with Crippen molar-refractivity contribution in [3.05, 3.63) is 68.9 Å². The van der Waals surface area contributed by atoms with E-state index in [-0.39, 0.29) is 0 Å². The third-order valence-corrected chi connectivity index (χ3v) is 3.74. The Kier molecular flexibility index (Phi) is 5.29. The molecule has 0 unspecified atom stereocenters. The fourth-order valence-electron chi connectivity index (χ4n) is 1.97. The van der Waals surface area contributed by atoms with Crippen LogP contribution in [0.15, 0.2) is 58.3 Å². The van der Waals surface area contributed by atoms with Gasteiger partial charge in [0, 0.05) is 9.50 Å². The zero-order chi connectivity index (χ0) is 13.7. The van der Waals surface area contributed by atoms with Crippen LogP contribution in [0.25, 0.3) is 0 Å². The first kappa shape index (κ1) is 14.4. The monoisotopic (exact) mass is 338 g/mol. The molecule has 0 N–H and O–H groups in total. The summed E-state index contributed by atoms with van der Waals surface area (Å²) in [7, 11) is 0. The third kappa shape index (κ3) is 4.26. The normalized spacial score (nSPS) is 14.7. The summed E-state index contributed by atoms with van der Waals surface area (Å²) in [5.74, 6) is 0.915. The summed E-state index contributed by atoms with van der Waals surface area (Å²) in [5.41, 5.74) is 2.47. The molecule has 19 heavy (non-hydrogen) atoms. The maximum atomic E-state index is 6.23. The van der Waals surface area contributed by atoms with E-state index in [0.717, 1.165) is 33.7 Å². The minimum atomic E-state index is 0.691.